The van der Waals surface area contributed by atoms with Crippen LogP contribution in [0.15, 0.2) is 54.6 Å². The molecule has 0 aliphatic carbocycles. The molecular weight excluding hydrogens is 260 g/mol. The SMILES string of the molecule is CCCc1ccc(NC(=O)N[C@H](C)c2ccccc2)cc1. The molecule has 2 aromatic rings. The van der Waals surface area contributed by atoms with E-state index in [0.29, 0.717) is 0 Å². The van der Waals surface area contributed by atoms with Gasteiger partial charge in [-0.25, -0.2) is 4.79 Å². The Morgan fingerprint density at radius 1 is 1.05 bits per heavy atom. The molecule has 0 aromatic heterocycles. The number of amides is 2. The van der Waals surface area contributed by atoms with Crippen LogP contribution in [-0.2, 0) is 6.42 Å². The lowest BCUT2D eigenvalue weighted by atomic mass is 10.1. The number of carbonyl (C=O) groups excluding carboxylic acids is 1. The van der Waals surface area contributed by atoms with Crippen molar-refractivity contribution < 1.29 is 4.79 Å². The van der Waals surface area contributed by atoms with Crippen LogP contribution in [0.25, 0.3) is 0 Å². The molecule has 0 saturated carbocycles. The summed E-state index contributed by atoms with van der Waals surface area (Å²) < 4.78 is 0. The van der Waals surface area contributed by atoms with Crippen LogP contribution in [0.4, 0.5) is 10.5 Å². The van der Waals surface area contributed by atoms with Crippen molar-refractivity contribution in [3.8, 4) is 0 Å². The number of nitrogens with one attached hydrogen (secondary N) is 2. The first-order valence-electron chi connectivity index (χ1n) is 7.40. The largest absolute Gasteiger partial charge is 0.331 e. The fourth-order valence-electron chi connectivity index (χ4n) is 2.23. The number of rotatable bonds is 5. The summed E-state index contributed by atoms with van der Waals surface area (Å²) in [4.78, 5) is 12.0. The Morgan fingerprint density at radius 2 is 1.71 bits per heavy atom. The van der Waals surface area contributed by atoms with Crippen LogP contribution in [0, 0.1) is 0 Å². The van der Waals surface area contributed by atoms with Crippen molar-refractivity contribution in [1.29, 1.82) is 0 Å². The Bertz CT molecular complexity index is 564. The van der Waals surface area contributed by atoms with Crippen molar-refractivity contribution in [2.45, 2.75) is 32.7 Å². The number of hydrogen-bond donors (Lipinski definition) is 2. The van der Waals surface area contributed by atoms with Gasteiger partial charge in [-0.1, -0.05) is 55.8 Å². The molecule has 2 N–H and O–H groups in total. The molecule has 2 aromatic carbocycles. The molecule has 0 saturated heterocycles. The molecule has 3 nitrogen and oxygen atoms in total. The molecule has 0 aliphatic heterocycles. The van der Waals surface area contributed by atoms with Gasteiger partial charge in [0.2, 0.25) is 0 Å². The fourth-order valence-corrected chi connectivity index (χ4v) is 2.23. The van der Waals surface area contributed by atoms with Gasteiger partial charge in [-0.05, 0) is 36.6 Å². The molecular formula is C18H22N2O. The van der Waals surface area contributed by atoms with Crippen molar-refractivity contribution >= 4 is 11.7 Å². The molecule has 1 atom stereocenters. The summed E-state index contributed by atoms with van der Waals surface area (Å²) >= 11 is 0. The minimum absolute atomic E-state index is 0.0226. The number of urea groups is 1. The Kier molecular flexibility index (Phi) is 5.38. The fraction of sp³-hybridized carbons (Fsp3) is 0.278. The summed E-state index contributed by atoms with van der Waals surface area (Å²) in [5, 5.41) is 5.80. The van der Waals surface area contributed by atoms with E-state index < -0.39 is 0 Å². The maximum Gasteiger partial charge on any atom is 0.319 e. The lowest BCUT2D eigenvalue weighted by molar-refractivity contribution is 0.249. The van der Waals surface area contributed by atoms with Crippen LogP contribution >= 0.6 is 0 Å². The van der Waals surface area contributed by atoms with Crippen molar-refractivity contribution in [3.63, 3.8) is 0 Å². The first-order chi connectivity index (χ1) is 10.2. The Hall–Kier alpha value is -2.29. The summed E-state index contributed by atoms with van der Waals surface area (Å²) in [6, 6.07) is 17.7. The van der Waals surface area contributed by atoms with Crippen LogP contribution in [0.1, 0.15) is 37.4 Å². The molecule has 0 aliphatic rings. The number of benzene rings is 2. The van der Waals surface area contributed by atoms with E-state index in [0.717, 1.165) is 24.1 Å². The summed E-state index contributed by atoms with van der Waals surface area (Å²) in [7, 11) is 0. The number of anilines is 1. The number of hydrogen-bond acceptors (Lipinski definition) is 1. The van der Waals surface area contributed by atoms with Crippen molar-refractivity contribution in [2.75, 3.05) is 5.32 Å². The summed E-state index contributed by atoms with van der Waals surface area (Å²) in [5.41, 5.74) is 3.19. The van der Waals surface area contributed by atoms with Gasteiger partial charge < -0.3 is 10.6 Å². The minimum Gasteiger partial charge on any atom is -0.331 e. The maximum atomic E-state index is 12.0. The second kappa shape index (κ2) is 7.48. The third kappa shape index (κ3) is 4.63. The highest BCUT2D eigenvalue weighted by Crippen LogP contribution is 2.13. The van der Waals surface area contributed by atoms with E-state index in [1.54, 1.807) is 0 Å². The third-order valence-electron chi connectivity index (χ3n) is 3.40. The molecule has 0 spiro atoms. The standard InChI is InChI=1S/C18H22N2O/c1-3-7-15-10-12-17(13-11-15)20-18(21)19-14(2)16-8-5-4-6-9-16/h4-6,8-14H,3,7H2,1-2H3,(H2,19,20,21)/t14-/m1/s1. The maximum absolute atomic E-state index is 12.0. The summed E-state index contributed by atoms with van der Waals surface area (Å²) in [5.74, 6) is 0. The first-order valence-corrected chi connectivity index (χ1v) is 7.40. The molecule has 3 heteroatoms. The van der Waals surface area contributed by atoms with Crippen molar-refractivity contribution in [2.24, 2.45) is 0 Å². The van der Waals surface area contributed by atoms with Gasteiger partial charge in [0.15, 0.2) is 0 Å². The molecule has 0 bridgehead atoms. The van der Waals surface area contributed by atoms with E-state index in [2.05, 4.69) is 29.7 Å². The topological polar surface area (TPSA) is 41.1 Å². The highest BCUT2D eigenvalue weighted by atomic mass is 16.2. The van der Waals surface area contributed by atoms with E-state index >= 15 is 0 Å². The van der Waals surface area contributed by atoms with Gasteiger partial charge in [-0.15, -0.1) is 0 Å². The predicted octanol–water partition coefficient (Wildman–Crippen LogP) is 4.52. The molecule has 0 unspecified atom stereocenters. The summed E-state index contributed by atoms with van der Waals surface area (Å²) in [6.07, 6.45) is 2.19. The monoisotopic (exact) mass is 282 g/mol. The zero-order valence-electron chi connectivity index (χ0n) is 12.6. The van der Waals surface area contributed by atoms with Crippen LogP contribution in [0.3, 0.4) is 0 Å². The van der Waals surface area contributed by atoms with Gasteiger partial charge in [0, 0.05) is 5.69 Å². The molecule has 110 valence electrons. The van der Waals surface area contributed by atoms with E-state index in [-0.39, 0.29) is 12.1 Å². The summed E-state index contributed by atoms with van der Waals surface area (Å²) in [6.45, 7) is 4.13. The number of carbonyl (C=O) groups is 1. The molecule has 2 amide bonds. The van der Waals surface area contributed by atoms with Gasteiger partial charge in [-0.2, -0.15) is 0 Å². The third-order valence-corrected chi connectivity index (χ3v) is 3.40. The van der Waals surface area contributed by atoms with E-state index in [1.165, 1.54) is 5.56 Å². The zero-order chi connectivity index (χ0) is 15.1. The number of aryl methyl sites for hydroxylation is 1. The molecule has 0 heterocycles. The first kappa shape index (κ1) is 15.1. The lowest BCUT2D eigenvalue weighted by Crippen LogP contribution is -2.31. The van der Waals surface area contributed by atoms with E-state index in [4.69, 9.17) is 0 Å². The van der Waals surface area contributed by atoms with E-state index in [9.17, 15) is 4.79 Å². The molecule has 0 radical (unpaired) electrons. The highest BCUT2D eigenvalue weighted by molar-refractivity contribution is 5.89. The molecule has 21 heavy (non-hydrogen) atoms. The van der Waals surface area contributed by atoms with Crippen LogP contribution in [0.5, 0.6) is 0 Å². The normalized spacial score (nSPS) is 11.7. The second-order valence-electron chi connectivity index (χ2n) is 5.18. The molecule has 0 fully saturated rings. The highest BCUT2D eigenvalue weighted by Gasteiger charge is 2.08. The minimum atomic E-state index is -0.186. The zero-order valence-corrected chi connectivity index (χ0v) is 12.6. The molecule has 2 rings (SSSR count). The van der Waals surface area contributed by atoms with E-state index in [1.807, 2.05) is 49.4 Å². The lowest BCUT2D eigenvalue weighted by Gasteiger charge is -2.15. The van der Waals surface area contributed by atoms with Gasteiger partial charge >= 0.3 is 6.03 Å². The van der Waals surface area contributed by atoms with Gasteiger partial charge in [0.25, 0.3) is 0 Å². The van der Waals surface area contributed by atoms with Crippen LogP contribution < -0.4 is 10.6 Å². The average Bonchev–Trinajstić information content (AvgIpc) is 2.50. The van der Waals surface area contributed by atoms with Crippen LogP contribution in [-0.4, -0.2) is 6.03 Å². The Morgan fingerprint density at radius 3 is 2.33 bits per heavy atom. The Labute approximate surface area is 126 Å². The predicted molar refractivity (Wildman–Crippen MR) is 87.4 cm³/mol. The van der Waals surface area contributed by atoms with Crippen molar-refractivity contribution in [1.82, 2.24) is 5.32 Å². The van der Waals surface area contributed by atoms with Gasteiger partial charge in [0.1, 0.15) is 0 Å². The smallest absolute Gasteiger partial charge is 0.319 e. The van der Waals surface area contributed by atoms with Crippen LogP contribution in [0.2, 0.25) is 0 Å². The van der Waals surface area contributed by atoms with Crippen molar-refractivity contribution in [3.05, 3.63) is 65.7 Å². The Balaban J connectivity index is 1.89. The quantitative estimate of drug-likeness (QED) is 0.831. The van der Waals surface area contributed by atoms with Gasteiger partial charge in [0.05, 0.1) is 6.04 Å². The average molecular weight is 282 g/mol. The second-order valence-corrected chi connectivity index (χ2v) is 5.18. The van der Waals surface area contributed by atoms with Gasteiger partial charge in [-0.3, -0.25) is 0 Å².